The number of nitrogens with one attached hydrogen (secondary N) is 1. The van der Waals surface area contributed by atoms with Crippen molar-refractivity contribution in [3.8, 4) is 0 Å². The Morgan fingerprint density at radius 2 is 1.93 bits per heavy atom. The van der Waals surface area contributed by atoms with Crippen molar-refractivity contribution in [1.29, 1.82) is 0 Å². The zero-order chi connectivity index (χ0) is 10.2. The van der Waals surface area contributed by atoms with Crippen LogP contribution in [0.1, 0.15) is 12.0 Å². The Labute approximate surface area is 96.5 Å². The largest absolute Gasteiger partial charge is 0.330 e. The van der Waals surface area contributed by atoms with Crippen LogP contribution in [0.25, 0.3) is 0 Å². The molecular weight excluding hydrogens is 212 g/mol. The molecule has 0 aliphatic carbocycles. The standard InChI is InChI=1S/C11H16N2O.ClH/c12-7-6-11(14)9-13-8-10-4-2-1-3-5-10;/h1-5,13H,6-9,12H2;1H. The molecule has 4 heteroatoms. The van der Waals surface area contributed by atoms with Crippen molar-refractivity contribution in [3.05, 3.63) is 35.9 Å². The lowest BCUT2D eigenvalue weighted by atomic mass is 10.2. The number of rotatable bonds is 6. The Morgan fingerprint density at radius 3 is 2.53 bits per heavy atom. The van der Waals surface area contributed by atoms with E-state index >= 15 is 0 Å². The molecular formula is C11H17ClN2O. The highest BCUT2D eigenvalue weighted by Gasteiger charge is 1.98. The van der Waals surface area contributed by atoms with Gasteiger partial charge in [-0.1, -0.05) is 30.3 Å². The van der Waals surface area contributed by atoms with E-state index in [0.717, 1.165) is 6.54 Å². The van der Waals surface area contributed by atoms with Gasteiger partial charge >= 0.3 is 0 Å². The zero-order valence-electron chi connectivity index (χ0n) is 8.61. The zero-order valence-corrected chi connectivity index (χ0v) is 9.43. The van der Waals surface area contributed by atoms with Crippen LogP contribution in [0.15, 0.2) is 30.3 Å². The smallest absolute Gasteiger partial charge is 0.147 e. The maximum Gasteiger partial charge on any atom is 0.147 e. The number of carbonyl (C=O) groups excluding carboxylic acids is 1. The molecule has 15 heavy (non-hydrogen) atoms. The number of hydrogen-bond donors (Lipinski definition) is 2. The van der Waals surface area contributed by atoms with Crippen LogP contribution in [0.3, 0.4) is 0 Å². The molecule has 0 saturated carbocycles. The summed E-state index contributed by atoms with van der Waals surface area (Å²) in [6.07, 6.45) is 0.460. The molecule has 0 unspecified atom stereocenters. The number of ketones is 1. The highest BCUT2D eigenvalue weighted by Crippen LogP contribution is 1.96. The van der Waals surface area contributed by atoms with E-state index < -0.39 is 0 Å². The minimum atomic E-state index is 0. The van der Waals surface area contributed by atoms with E-state index in [1.807, 2.05) is 30.3 Å². The number of nitrogens with two attached hydrogens (primary N) is 1. The van der Waals surface area contributed by atoms with Gasteiger partial charge in [-0.05, 0) is 12.1 Å². The van der Waals surface area contributed by atoms with Crippen LogP contribution in [0.2, 0.25) is 0 Å². The summed E-state index contributed by atoms with van der Waals surface area (Å²) in [5, 5.41) is 3.08. The van der Waals surface area contributed by atoms with E-state index in [1.54, 1.807) is 0 Å². The summed E-state index contributed by atoms with van der Waals surface area (Å²) in [4.78, 5) is 11.1. The molecule has 1 rings (SSSR count). The Hall–Kier alpha value is -0.900. The first-order valence-electron chi connectivity index (χ1n) is 4.79. The van der Waals surface area contributed by atoms with Crippen molar-refractivity contribution in [3.63, 3.8) is 0 Å². The van der Waals surface area contributed by atoms with Gasteiger partial charge in [-0.25, -0.2) is 0 Å². The van der Waals surface area contributed by atoms with Crippen LogP contribution < -0.4 is 11.1 Å². The average molecular weight is 229 g/mol. The molecule has 1 aromatic rings. The summed E-state index contributed by atoms with van der Waals surface area (Å²) < 4.78 is 0. The Kier molecular flexibility index (Phi) is 7.91. The molecule has 84 valence electrons. The van der Waals surface area contributed by atoms with Crippen LogP contribution in [0, 0.1) is 0 Å². The molecule has 0 saturated heterocycles. The number of benzene rings is 1. The summed E-state index contributed by atoms with van der Waals surface area (Å²) in [6.45, 7) is 1.58. The van der Waals surface area contributed by atoms with Crippen molar-refractivity contribution in [2.75, 3.05) is 13.1 Å². The van der Waals surface area contributed by atoms with Crippen LogP contribution in [-0.2, 0) is 11.3 Å². The molecule has 0 radical (unpaired) electrons. The van der Waals surface area contributed by atoms with Crippen LogP contribution >= 0.6 is 12.4 Å². The second-order valence-corrected chi connectivity index (χ2v) is 3.17. The van der Waals surface area contributed by atoms with Gasteiger partial charge in [-0.2, -0.15) is 0 Å². The van der Waals surface area contributed by atoms with Gasteiger partial charge in [-0.15, -0.1) is 12.4 Å². The minimum Gasteiger partial charge on any atom is -0.330 e. The lowest BCUT2D eigenvalue weighted by molar-refractivity contribution is -0.118. The first-order chi connectivity index (χ1) is 6.83. The molecule has 0 aliphatic heterocycles. The summed E-state index contributed by atoms with van der Waals surface area (Å²) in [7, 11) is 0. The molecule has 3 nitrogen and oxygen atoms in total. The predicted molar refractivity (Wildman–Crippen MR) is 64.1 cm³/mol. The maximum absolute atomic E-state index is 11.1. The molecule has 0 fully saturated rings. The predicted octanol–water partition coefficient (Wildman–Crippen LogP) is 1.12. The van der Waals surface area contributed by atoms with Gasteiger partial charge in [0.25, 0.3) is 0 Å². The van der Waals surface area contributed by atoms with Gasteiger partial charge in [0.05, 0.1) is 6.54 Å². The lowest BCUT2D eigenvalue weighted by Crippen LogP contribution is -2.24. The quantitative estimate of drug-likeness (QED) is 0.767. The molecule has 3 N–H and O–H groups in total. The molecule has 1 aromatic carbocycles. The molecule has 0 atom stereocenters. The van der Waals surface area contributed by atoms with Gasteiger partial charge < -0.3 is 11.1 Å². The second kappa shape index (κ2) is 8.41. The van der Waals surface area contributed by atoms with E-state index in [-0.39, 0.29) is 18.2 Å². The first kappa shape index (κ1) is 14.1. The number of carbonyl (C=O) groups is 1. The summed E-state index contributed by atoms with van der Waals surface area (Å²) in [5.41, 5.74) is 6.45. The average Bonchev–Trinajstić information content (AvgIpc) is 2.20. The Bertz CT molecular complexity index is 277. The van der Waals surface area contributed by atoms with E-state index in [0.29, 0.717) is 19.5 Å². The third kappa shape index (κ3) is 6.23. The van der Waals surface area contributed by atoms with Gasteiger partial charge in [0.2, 0.25) is 0 Å². The topological polar surface area (TPSA) is 55.1 Å². The van der Waals surface area contributed by atoms with E-state index in [1.165, 1.54) is 5.56 Å². The number of hydrogen-bond acceptors (Lipinski definition) is 3. The highest BCUT2D eigenvalue weighted by atomic mass is 35.5. The highest BCUT2D eigenvalue weighted by molar-refractivity contribution is 5.85. The third-order valence-electron chi connectivity index (χ3n) is 1.92. The molecule has 0 spiro atoms. The van der Waals surface area contributed by atoms with Gasteiger partial charge in [-0.3, -0.25) is 4.79 Å². The first-order valence-corrected chi connectivity index (χ1v) is 4.79. The van der Waals surface area contributed by atoms with Crippen LogP contribution in [0.5, 0.6) is 0 Å². The fourth-order valence-corrected chi connectivity index (χ4v) is 1.19. The molecule has 0 aliphatic rings. The molecule has 0 bridgehead atoms. The van der Waals surface area contributed by atoms with Gasteiger partial charge in [0.1, 0.15) is 5.78 Å². The van der Waals surface area contributed by atoms with Crippen LogP contribution in [-0.4, -0.2) is 18.9 Å². The van der Waals surface area contributed by atoms with Crippen LogP contribution in [0.4, 0.5) is 0 Å². The van der Waals surface area contributed by atoms with Crippen molar-refractivity contribution in [1.82, 2.24) is 5.32 Å². The fraction of sp³-hybridized carbons (Fsp3) is 0.364. The van der Waals surface area contributed by atoms with Crippen molar-refractivity contribution in [2.24, 2.45) is 5.73 Å². The molecule has 0 heterocycles. The Balaban J connectivity index is 0.00000196. The fourth-order valence-electron chi connectivity index (χ4n) is 1.19. The SMILES string of the molecule is Cl.NCCC(=O)CNCc1ccccc1. The second-order valence-electron chi connectivity index (χ2n) is 3.17. The number of halogens is 1. The Morgan fingerprint density at radius 1 is 1.27 bits per heavy atom. The van der Waals surface area contributed by atoms with Crippen molar-refractivity contribution < 1.29 is 4.79 Å². The van der Waals surface area contributed by atoms with Crippen molar-refractivity contribution in [2.45, 2.75) is 13.0 Å². The number of Topliss-reactive ketones (excluding diaryl/α,β-unsaturated/α-hetero) is 1. The monoisotopic (exact) mass is 228 g/mol. The third-order valence-corrected chi connectivity index (χ3v) is 1.92. The summed E-state index contributed by atoms with van der Waals surface area (Å²) in [6, 6.07) is 10.0. The minimum absolute atomic E-state index is 0. The summed E-state index contributed by atoms with van der Waals surface area (Å²) >= 11 is 0. The maximum atomic E-state index is 11.1. The van der Waals surface area contributed by atoms with E-state index in [9.17, 15) is 4.79 Å². The lowest BCUT2D eigenvalue weighted by Gasteiger charge is -2.03. The molecule has 0 amide bonds. The normalized spacial score (nSPS) is 9.40. The molecule has 0 aromatic heterocycles. The van der Waals surface area contributed by atoms with E-state index in [2.05, 4.69) is 5.32 Å². The van der Waals surface area contributed by atoms with E-state index in [4.69, 9.17) is 5.73 Å². The van der Waals surface area contributed by atoms with Gasteiger partial charge in [0.15, 0.2) is 0 Å². The van der Waals surface area contributed by atoms with Crippen molar-refractivity contribution >= 4 is 18.2 Å². The van der Waals surface area contributed by atoms with Gasteiger partial charge in [0, 0.05) is 13.0 Å². The summed E-state index contributed by atoms with van der Waals surface area (Å²) in [5.74, 6) is 0.170.